The highest BCUT2D eigenvalue weighted by molar-refractivity contribution is 7.13. The maximum atomic E-state index is 4.84. The van der Waals surface area contributed by atoms with Crippen LogP contribution < -0.4 is 5.32 Å². The van der Waals surface area contributed by atoms with Crippen molar-refractivity contribution in [2.24, 2.45) is 0 Å². The van der Waals surface area contributed by atoms with Crippen LogP contribution >= 0.6 is 11.3 Å². The van der Waals surface area contributed by atoms with E-state index >= 15 is 0 Å². The van der Waals surface area contributed by atoms with Crippen molar-refractivity contribution in [2.75, 3.05) is 5.32 Å². The first kappa shape index (κ1) is 21.0. The summed E-state index contributed by atoms with van der Waals surface area (Å²) < 4.78 is 0. The quantitative estimate of drug-likeness (QED) is 0.316. The SMILES string of the molecule is Cc1nc(C)c(Cc2ccccc2)c(Nc2cccc(-c3csc(-c4ccncc4)n3)c2)n1. The van der Waals surface area contributed by atoms with E-state index in [1.54, 1.807) is 23.7 Å². The molecule has 162 valence electrons. The maximum absolute atomic E-state index is 4.84. The monoisotopic (exact) mass is 449 g/mol. The van der Waals surface area contributed by atoms with Crippen molar-refractivity contribution in [3.05, 3.63) is 107 Å². The van der Waals surface area contributed by atoms with Gasteiger partial charge >= 0.3 is 0 Å². The molecule has 0 atom stereocenters. The summed E-state index contributed by atoms with van der Waals surface area (Å²) in [6.45, 7) is 3.97. The molecule has 2 aromatic carbocycles. The zero-order valence-electron chi connectivity index (χ0n) is 18.5. The summed E-state index contributed by atoms with van der Waals surface area (Å²) in [7, 11) is 0. The Morgan fingerprint density at radius 1 is 0.818 bits per heavy atom. The topological polar surface area (TPSA) is 63.6 Å². The third kappa shape index (κ3) is 4.81. The Morgan fingerprint density at radius 3 is 2.45 bits per heavy atom. The van der Waals surface area contributed by atoms with Crippen molar-refractivity contribution in [1.82, 2.24) is 19.9 Å². The van der Waals surface area contributed by atoms with Gasteiger partial charge in [0.2, 0.25) is 0 Å². The lowest BCUT2D eigenvalue weighted by molar-refractivity contribution is 0.965. The van der Waals surface area contributed by atoms with Crippen LogP contribution in [0.15, 0.2) is 84.5 Å². The summed E-state index contributed by atoms with van der Waals surface area (Å²) in [5.74, 6) is 1.60. The van der Waals surface area contributed by atoms with E-state index in [1.807, 2.05) is 38.1 Å². The number of nitrogens with zero attached hydrogens (tertiary/aromatic N) is 4. The van der Waals surface area contributed by atoms with Gasteiger partial charge in [0.25, 0.3) is 0 Å². The van der Waals surface area contributed by atoms with Crippen LogP contribution in [0.5, 0.6) is 0 Å². The molecule has 0 saturated heterocycles. The van der Waals surface area contributed by atoms with Gasteiger partial charge in [0, 0.05) is 52.3 Å². The molecule has 5 nitrogen and oxygen atoms in total. The smallest absolute Gasteiger partial charge is 0.137 e. The summed E-state index contributed by atoms with van der Waals surface area (Å²) in [6.07, 6.45) is 4.36. The molecule has 0 bridgehead atoms. The van der Waals surface area contributed by atoms with Crippen LogP contribution in [0.1, 0.15) is 22.6 Å². The van der Waals surface area contributed by atoms with Gasteiger partial charge in [0.15, 0.2) is 0 Å². The minimum absolute atomic E-state index is 0.754. The number of aryl methyl sites for hydroxylation is 2. The van der Waals surface area contributed by atoms with Crippen LogP contribution in [0, 0.1) is 13.8 Å². The van der Waals surface area contributed by atoms with Crippen molar-refractivity contribution in [1.29, 1.82) is 0 Å². The van der Waals surface area contributed by atoms with Gasteiger partial charge in [-0.1, -0.05) is 42.5 Å². The zero-order chi connectivity index (χ0) is 22.6. The van der Waals surface area contributed by atoms with Crippen LogP contribution in [-0.2, 0) is 6.42 Å². The van der Waals surface area contributed by atoms with Crippen LogP contribution in [0.25, 0.3) is 21.8 Å². The predicted molar refractivity (Wildman–Crippen MR) is 135 cm³/mol. The van der Waals surface area contributed by atoms with Crippen LogP contribution in [0.4, 0.5) is 11.5 Å². The molecule has 0 unspecified atom stereocenters. The molecular formula is C27H23N5S. The summed E-state index contributed by atoms with van der Waals surface area (Å²) in [5, 5.41) is 6.62. The molecule has 0 radical (unpaired) electrons. The molecule has 0 aliphatic heterocycles. The first-order valence-electron chi connectivity index (χ1n) is 10.8. The fraction of sp³-hybridized carbons (Fsp3) is 0.111. The number of anilines is 2. The largest absolute Gasteiger partial charge is 0.340 e. The minimum Gasteiger partial charge on any atom is -0.340 e. The third-order valence-corrected chi connectivity index (χ3v) is 6.29. The number of hydrogen-bond donors (Lipinski definition) is 1. The van der Waals surface area contributed by atoms with E-state index in [1.165, 1.54) is 5.56 Å². The number of pyridine rings is 1. The standard InChI is InChI=1S/C27H23N5S/c1-18-24(15-20-7-4-3-5-8-20)26(30-19(2)29-18)31-23-10-6-9-22(16-23)25-17-33-27(32-25)21-11-13-28-14-12-21/h3-14,16-17H,15H2,1-2H3,(H,29,30,31). The second-order valence-electron chi connectivity index (χ2n) is 7.83. The Kier molecular flexibility index (Phi) is 5.91. The Labute approximate surface area is 197 Å². The van der Waals surface area contributed by atoms with Gasteiger partial charge in [-0.25, -0.2) is 15.0 Å². The van der Waals surface area contributed by atoms with E-state index in [2.05, 4.69) is 63.1 Å². The molecule has 0 fully saturated rings. The van der Waals surface area contributed by atoms with Gasteiger partial charge in [0.1, 0.15) is 16.6 Å². The predicted octanol–water partition coefficient (Wildman–Crippen LogP) is 6.61. The van der Waals surface area contributed by atoms with Crippen molar-refractivity contribution in [3.8, 4) is 21.8 Å². The summed E-state index contributed by atoms with van der Waals surface area (Å²) >= 11 is 1.64. The highest BCUT2D eigenvalue weighted by atomic mass is 32.1. The molecule has 0 aliphatic carbocycles. The molecule has 6 heteroatoms. The Morgan fingerprint density at radius 2 is 1.64 bits per heavy atom. The van der Waals surface area contributed by atoms with E-state index in [4.69, 9.17) is 9.97 Å². The number of hydrogen-bond acceptors (Lipinski definition) is 6. The fourth-order valence-electron chi connectivity index (χ4n) is 3.78. The first-order chi connectivity index (χ1) is 16.2. The summed E-state index contributed by atoms with van der Waals surface area (Å²) in [4.78, 5) is 18.3. The molecule has 5 aromatic rings. The number of thiazole rings is 1. The van der Waals surface area contributed by atoms with Crippen molar-refractivity contribution < 1.29 is 0 Å². The Bertz CT molecular complexity index is 1380. The highest BCUT2D eigenvalue weighted by Crippen LogP contribution is 2.31. The number of benzene rings is 2. The molecule has 3 heterocycles. The van der Waals surface area contributed by atoms with Crippen LogP contribution in [-0.4, -0.2) is 19.9 Å². The van der Waals surface area contributed by atoms with E-state index < -0.39 is 0 Å². The number of aromatic nitrogens is 4. The molecule has 33 heavy (non-hydrogen) atoms. The molecule has 3 aromatic heterocycles. The summed E-state index contributed by atoms with van der Waals surface area (Å²) in [6, 6.07) is 22.7. The first-order valence-corrected chi connectivity index (χ1v) is 11.6. The van der Waals surface area contributed by atoms with E-state index in [-0.39, 0.29) is 0 Å². The Balaban J connectivity index is 1.44. The average molecular weight is 450 g/mol. The van der Waals surface area contributed by atoms with Gasteiger partial charge in [-0.05, 0) is 43.7 Å². The second-order valence-corrected chi connectivity index (χ2v) is 8.68. The molecule has 5 rings (SSSR count). The number of rotatable bonds is 6. The lowest BCUT2D eigenvalue weighted by atomic mass is 10.0. The molecule has 0 saturated carbocycles. The molecule has 0 amide bonds. The minimum atomic E-state index is 0.754. The third-order valence-electron chi connectivity index (χ3n) is 5.40. The van der Waals surface area contributed by atoms with Crippen LogP contribution in [0.2, 0.25) is 0 Å². The van der Waals surface area contributed by atoms with Gasteiger partial charge in [-0.3, -0.25) is 4.98 Å². The zero-order valence-corrected chi connectivity index (χ0v) is 19.3. The lowest BCUT2D eigenvalue weighted by Gasteiger charge is -2.15. The lowest BCUT2D eigenvalue weighted by Crippen LogP contribution is -2.06. The maximum Gasteiger partial charge on any atom is 0.137 e. The van der Waals surface area contributed by atoms with Gasteiger partial charge in [-0.15, -0.1) is 11.3 Å². The molecular weight excluding hydrogens is 426 g/mol. The van der Waals surface area contributed by atoms with Gasteiger partial charge in [0.05, 0.1) is 5.69 Å². The van der Waals surface area contributed by atoms with Crippen molar-refractivity contribution in [2.45, 2.75) is 20.3 Å². The molecule has 0 aliphatic rings. The van der Waals surface area contributed by atoms with Crippen LogP contribution in [0.3, 0.4) is 0 Å². The van der Waals surface area contributed by atoms with Gasteiger partial charge in [-0.2, -0.15) is 0 Å². The van der Waals surface area contributed by atoms with E-state index in [0.717, 1.165) is 56.8 Å². The fourth-order valence-corrected chi connectivity index (χ4v) is 4.61. The van der Waals surface area contributed by atoms with Gasteiger partial charge < -0.3 is 5.32 Å². The number of nitrogens with one attached hydrogen (secondary N) is 1. The second kappa shape index (κ2) is 9.30. The van der Waals surface area contributed by atoms with Crippen molar-refractivity contribution in [3.63, 3.8) is 0 Å². The summed E-state index contributed by atoms with van der Waals surface area (Å²) in [5.41, 5.74) is 7.39. The normalized spacial score (nSPS) is 10.8. The van der Waals surface area contributed by atoms with E-state index in [0.29, 0.717) is 0 Å². The molecule has 0 spiro atoms. The Hall–Kier alpha value is -3.90. The van der Waals surface area contributed by atoms with Crippen molar-refractivity contribution >= 4 is 22.8 Å². The molecule has 1 N–H and O–H groups in total. The average Bonchev–Trinajstić information content (AvgIpc) is 3.33. The highest BCUT2D eigenvalue weighted by Gasteiger charge is 2.13. The van der Waals surface area contributed by atoms with E-state index in [9.17, 15) is 0 Å².